The number of fused-ring (bicyclic) bond motifs is 1. The molecule has 0 radical (unpaired) electrons. The van der Waals surface area contributed by atoms with Gasteiger partial charge in [0.05, 0.1) is 6.54 Å². The Labute approximate surface area is 100 Å². The quantitative estimate of drug-likeness (QED) is 0.762. The van der Waals surface area contributed by atoms with Gasteiger partial charge in [0.1, 0.15) is 5.75 Å². The average molecular weight is 232 g/mol. The molecule has 1 aromatic carbocycles. The average Bonchev–Trinajstić information content (AvgIpc) is 2.70. The number of nitrogens with zero attached hydrogens (tertiary/aromatic N) is 1. The number of rotatable bonds is 1. The van der Waals surface area contributed by atoms with E-state index in [2.05, 4.69) is 5.32 Å². The summed E-state index contributed by atoms with van der Waals surface area (Å²) in [6, 6.07) is 5.44. The molecule has 2 aliphatic rings. The zero-order valence-corrected chi connectivity index (χ0v) is 9.65. The molecule has 0 saturated carbocycles. The monoisotopic (exact) mass is 232 g/mol. The van der Waals surface area contributed by atoms with Gasteiger partial charge in [-0.05, 0) is 31.5 Å². The van der Waals surface area contributed by atoms with Gasteiger partial charge in [0.15, 0.2) is 0 Å². The topological polar surface area (TPSA) is 52.6 Å². The minimum atomic E-state index is 0.0598. The Balaban J connectivity index is 1.88. The fraction of sp³-hybridized carbons (Fsp3) is 0.462. The van der Waals surface area contributed by atoms with Gasteiger partial charge >= 0.3 is 0 Å². The molecule has 2 aliphatic heterocycles. The van der Waals surface area contributed by atoms with Crippen molar-refractivity contribution < 1.29 is 9.90 Å². The number of piperidine rings is 1. The summed E-state index contributed by atoms with van der Waals surface area (Å²) >= 11 is 0. The van der Waals surface area contributed by atoms with Crippen molar-refractivity contribution in [1.29, 1.82) is 0 Å². The molecule has 17 heavy (non-hydrogen) atoms. The molecule has 1 saturated heterocycles. The zero-order chi connectivity index (χ0) is 11.8. The molecular weight excluding hydrogens is 216 g/mol. The summed E-state index contributed by atoms with van der Waals surface area (Å²) in [6.07, 6.45) is 2.16. The van der Waals surface area contributed by atoms with E-state index in [0.717, 1.165) is 31.5 Å². The van der Waals surface area contributed by atoms with E-state index >= 15 is 0 Å². The van der Waals surface area contributed by atoms with Crippen LogP contribution < -0.4 is 5.32 Å². The predicted octanol–water partition coefficient (Wildman–Crippen LogP) is 1.10. The number of benzene rings is 1. The van der Waals surface area contributed by atoms with Crippen molar-refractivity contribution in [3.63, 3.8) is 0 Å². The summed E-state index contributed by atoms with van der Waals surface area (Å²) < 4.78 is 0. The lowest BCUT2D eigenvalue weighted by molar-refractivity contribution is 0.0674. The van der Waals surface area contributed by atoms with E-state index in [1.807, 2.05) is 4.90 Å². The maximum absolute atomic E-state index is 12.2. The lowest BCUT2D eigenvalue weighted by Gasteiger charge is -2.31. The van der Waals surface area contributed by atoms with Gasteiger partial charge < -0.3 is 15.3 Å². The first-order chi connectivity index (χ1) is 8.27. The number of nitrogens with one attached hydrogen (secondary N) is 1. The number of amides is 1. The van der Waals surface area contributed by atoms with Crippen LogP contribution in [0.3, 0.4) is 0 Å². The van der Waals surface area contributed by atoms with Gasteiger partial charge in [-0.15, -0.1) is 0 Å². The summed E-state index contributed by atoms with van der Waals surface area (Å²) in [4.78, 5) is 14.1. The Morgan fingerprint density at radius 1 is 1.41 bits per heavy atom. The predicted molar refractivity (Wildman–Crippen MR) is 63.9 cm³/mol. The third kappa shape index (κ3) is 1.69. The second kappa shape index (κ2) is 4.04. The van der Waals surface area contributed by atoms with E-state index in [-0.39, 0.29) is 17.7 Å². The first-order valence-electron chi connectivity index (χ1n) is 6.10. The highest BCUT2D eigenvalue weighted by Gasteiger charge is 2.34. The summed E-state index contributed by atoms with van der Waals surface area (Å²) in [7, 11) is 0. The van der Waals surface area contributed by atoms with Crippen molar-refractivity contribution in [3.05, 3.63) is 29.3 Å². The molecule has 4 nitrogen and oxygen atoms in total. The molecule has 3 rings (SSSR count). The molecule has 0 bridgehead atoms. The summed E-state index contributed by atoms with van der Waals surface area (Å²) in [5, 5.41) is 13.1. The molecule has 1 aromatic rings. The Bertz CT molecular complexity index is 453. The van der Waals surface area contributed by atoms with Crippen LogP contribution in [-0.2, 0) is 6.54 Å². The van der Waals surface area contributed by atoms with Crippen LogP contribution >= 0.6 is 0 Å². The van der Waals surface area contributed by atoms with E-state index in [1.54, 1.807) is 18.2 Å². The molecule has 4 heteroatoms. The van der Waals surface area contributed by atoms with Gasteiger partial charge in [-0.2, -0.15) is 0 Å². The lowest BCUT2D eigenvalue weighted by atomic mass is 10.1. The largest absolute Gasteiger partial charge is 0.508 e. The first-order valence-corrected chi connectivity index (χ1v) is 6.10. The third-order valence-corrected chi connectivity index (χ3v) is 3.68. The number of carbonyl (C=O) groups is 1. The van der Waals surface area contributed by atoms with E-state index in [9.17, 15) is 9.90 Å². The Morgan fingerprint density at radius 2 is 2.29 bits per heavy atom. The molecule has 1 fully saturated rings. The summed E-state index contributed by atoms with van der Waals surface area (Å²) in [5.41, 5.74) is 1.44. The van der Waals surface area contributed by atoms with Gasteiger partial charge in [0.2, 0.25) is 0 Å². The number of phenolic OH excluding ortho intramolecular Hbond substituents is 1. The fourth-order valence-corrected chi connectivity index (χ4v) is 2.73. The van der Waals surface area contributed by atoms with Crippen LogP contribution in [-0.4, -0.2) is 35.0 Å². The van der Waals surface area contributed by atoms with Crippen molar-refractivity contribution in [1.82, 2.24) is 10.2 Å². The highest BCUT2D eigenvalue weighted by atomic mass is 16.3. The maximum Gasteiger partial charge on any atom is 0.254 e. The summed E-state index contributed by atoms with van der Waals surface area (Å²) in [5.74, 6) is 0.298. The second-order valence-corrected chi connectivity index (χ2v) is 4.74. The molecule has 0 spiro atoms. The SMILES string of the molecule is O=C1c2cccc(O)c2CN1C1CCCNC1. The van der Waals surface area contributed by atoms with Crippen LogP contribution in [0.1, 0.15) is 28.8 Å². The molecule has 0 aliphatic carbocycles. The molecule has 2 N–H and O–H groups in total. The van der Waals surface area contributed by atoms with Crippen molar-refractivity contribution in [2.45, 2.75) is 25.4 Å². The Hall–Kier alpha value is -1.55. The van der Waals surface area contributed by atoms with Crippen molar-refractivity contribution in [2.24, 2.45) is 0 Å². The third-order valence-electron chi connectivity index (χ3n) is 3.68. The normalized spacial score (nSPS) is 23.9. The van der Waals surface area contributed by atoms with Gasteiger partial charge in [0.25, 0.3) is 5.91 Å². The van der Waals surface area contributed by atoms with Gasteiger partial charge in [-0.3, -0.25) is 4.79 Å². The minimum absolute atomic E-state index is 0.0598. The molecule has 1 atom stereocenters. The second-order valence-electron chi connectivity index (χ2n) is 4.74. The molecular formula is C13H16N2O2. The number of hydrogen-bond donors (Lipinski definition) is 2. The van der Waals surface area contributed by atoms with Gasteiger partial charge in [-0.25, -0.2) is 0 Å². The Morgan fingerprint density at radius 3 is 3.00 bits per heavy atom. The maximum atomic E-state index is 12.2. The van der Waals surface area contributed by atoms with Crippen LogP contribution in [0.4, 0.5) is 0 Å². The van der Waals surface area contributed by atoms with Crippen LogP contribution in [0.5, 0.6) is 5.75 Å². The zero-order valence-electron chi connectivity index (χ0n) is 9.65. The first kappa shape index (κ1) is 10.6. The van der Waals surface area contributed by atoms with E-state index in [4.69, 9.17) is 0 Å². The van der Waals surface area contributed by atoms with Crippen molar-refractivity contribution >= 4 is 5.91 Å². The fourth-order valence-electron chi connectivity index (χ4n) is 2.73. The minimum Gasteiger partial charge on any atom is -0.508 e. The molecule has 0 aromatic heterocycles. The Kier molecular flexibility index (Phi) is 2.52. The lowest BCUT2D eigenvalue weighted by Crippen LogP contribution is -2.46. The number of aromatic hydroxyl groups is 1. The highest BCUT2D eigenvalue weighted by Crippen LogP contribution is 2.32. The smallest absolute Gasteiger partial charge is 0.254 e. The molecule has 90 valence electrons. The number of hydrogen-bond acceptors (Lipinski definition) is 3. The van der Waals surface area contributed by atoms with E-state index in [0.29, 0.717) is 12.1 Å². The molecule has 2 heterocycles. The van der Waals surface area contributed by atoms with E-state index in [1.165, 1.54) is 0 Å². The number of phenols is 1. The number of carbonyl (C=O) groups excluding carboxylic acids is 1. The van der Waals surface area contributed by atoms with Crippen LogP contribution in [0.25, 0.3) is 0 Å². The standard InChI is InChI=1S/C13H16N2O2/c16-12-5-1-4-10-11(12)8-15(13(10)17)9-3-2-6-14-7-9/h1,4-5,9,14,16H,2-3,6-8H2. The summed E-state index contributed by atoms with van der Waals surface area (Å²) in [6.45, 7) is 2.45. The van der Waals surface area contributed by atoms with Crippen molar-refractivity contribution in [3.8, 4) is 5.75 Å². The van der Waals surface area contributed by atoms with Crippen LogP contribution in [0.15, 0.2) is 18.2 Å². The molecule has 1 unspecified atom stereocenters. The van der Waals surface area contributed by atoms with E-state index < -0.39 is 0 Å². The van der Waals surface area contributed by atoms with Crippen LogP contribution in [0.2, 0.25) is 0 Å². The highest BCUT2D eigenvalue weighted by molar-refractivity contribution is 5.99. The van der Waals surface area contributed by atoms with Crippen molar-refractivity contribution in [2.75, 3.05) is 13.1 Å². The molecule has 1 amide bonds. The van der Waals surface area contributed by atoms with Gasteiger partial charge in [-0.1, -0.05) is 6.07 Å². The van der Waals surface area contributed by atoms with Crippen LogP contribution in [0, 0.1) is 0 Å². The van der Waals surface area contributed by atoms with Gasteiger partial charge in [0, 0.05) is 23.7 Å².